The first-order chi connectivity index (χ1) is 9.40. The van der Waals surface area contributed by atoms with Gasteiger partial charge in [-0.25, -0.2) is 4.39 Å². The van der Waals surface area contributed by atoms with E-state index in [1.807, 2.05) is 0 Å². The van der Waals surface area contributed by atoms with Crippen molar-refractivity contribution in [2.24, 2.45) is 5.73 Å². The van der Waals surface area contributed by atoms with Gasteiger partial charge < -0.3 is 11.1 Å². The Labute approximate surface area is 129 Å². The van der Waals surface area contributed by atoms with Crippen molar-refractivity contribution in [2.75, 3.05) is 5.32 Å². The van der Waals surface area contributed by atoms with Crippen molar-refractivity contribution in [1.82, 2.24) is 0 Å². The lowest BCUT2D eigenvalue weighted by Gasteiger charge is -2.07. The van der Waals surface area contributed by atoms with Crippen LogP contribution in [0.15, 0.2) is 23.6 Å². The molecule has 20 heavy (non-hydrogen) atoms. The second kappa shape index (κ2) is 5.87. The summed E-state index contributed by atoms with van der Waals surface area (Å²) in [6.07, 6.45) is 0. The minimum absolute atomic E-state index is 0.0529. The summed E-state index contributed by atoms with van der Waals surface area (Å²) in [5.41, 5.74) is 6.68. The van der Waals surface area contributed by atoms with Crippen molar-refractivity contribution in [3.63, 3.8) is 0 Å². The highest BCUT2D eigenvalue weighted by Gasteiger charge is 2.16. The average molecular weight is 329 g/mol. The first-order valence-corrected chi connectivity index (χ1v) is 7.21. The zero-order valence-corrected chi connectivity index (χ0v) is 12.8. The van der Waals surface area contributed by atoms with Gasteiger partial charge in [-0.3, -0.25) is 4.79 Å². The molecule has 1 aromatic heterocycles. The molecule has 2 aromatic rings. The Morgan fingerprint density at radius 3 is 2.70 bits per heavy atom. The standard InChI is InChI=1S/C13H10ClFN2OS2/c1-6-5-20-11(10(6)14)13(18)17-9-3-2-7(12(16)19)4-8(9)15/h2-5H,1H3,(H2,16,19)(H,17,18). The fraction of sp³-hybridized carbons (Fsp3) is 0.0769. The number of benzene rings is 1. The van der Waals surface area contributed by atoms with Crippen LogP contribution in [0.2, 0.25) is 5.02 Å². The van der Waals surface area contributed by atoms with Gasteiger partial charge in [0.25, 0.3) is 5.91 Å². The van der Waals surface area contributed by atoms with Crippen LogP contribution in [-0.4, -0.2) is 10.9 Å². The molecule has 0 radical (unpaired) electrons. The van der Waals surface area contributed by atoms with Crippen LogP contribution in [0.3, 0.4) is 0 Å². The summed E-state index contributed by atoms with van der Waals surface area (Å²) < 4.78 is 13.8. The third-order valence-corrected chi connectivity index (χ3v) is 4.54. The first-order valence-electron chi connectivity index (χ1n) is 5.54. The number of anilines is 1. The van der Waals surface area contributed by atoms with Crippen molar-refractivity contribution in [2.45, 2.75) is 6.92 Å². The number of amides is 1. The van der Waals surface area contributed by atoms with Gasteiger partial charge in [0.2, 0.25) is 0 Å². The Bertz CT molecular complexity index is 700. The predicted octanol–water partition coefficient (Wildman–Crippen LogP) is 3.74. The van der Waals surface area contributed by atoms with Crippen molar-refractivity contribution >= 4 is 51.7 Å². The summed E-state index contributed by atoms with van der Waals surface area (Å²) in [5.74, 6) is -1.05. The largest absolute Gasteiger partial charge is 0.389 e. The van der Waals surface area contributed by atoms with Gasteiger partial charge in [0.05, 0.1) is 10.7 Å². The van der Waals surface area contributed by atoms with Gasteiger partial charge in [-0.1, -0.05) is 23.8 Å². The molecule has 0 unspecified atom stereocenters. The van der Waals surface area contributed by atoms with Crippen molar-refractivity contribution in [3.05, 3.63) is 50.4 Å². The summed E-state index contributed by atoms with van der Waals surface area (Å²) in [7, 11) is 0. The second-order valence-corrected chi connectivity index (χ2v) is 5.77. The molecule has 3 nitrogen and oxygen atoms in total. The van der Waals surface area contributed by atoms with Crippen LogP contribution in [-0.2, 0) is 0 Å². The van der Waals surface area contributed by atoms with E-state index in [0.717, 1.165) is 5.56 Å². The number of aryl methyl sites for hydroxylation is 1. The van der Waals surface area contributed by atoms with E-state index in [2.05, 4.69) is 5.32 Å². The van der Waals surface area contributed by atoms with Crippen molar-refractivity contribution < 1.29 is 9.18 Å². The first kappa shape index (κ1) is 14.9. The molecule has 7 heteroatoms. The summed E-state index contributed by atoms with van der Waals surface area (Å²) >= 11 is 12.0. The zero-order chi connectivity index (χ0) is 14.9. The molecule has 104 valence electrons. The lowest BCUT2D eigenvalue weighted by Crippen LogP contribution is -2.14. The monoisotopic (exact) mass is 328 g/mol. The van der Waals surface area contributed by atoms with Gasteiger partial charge >= 0.3 is 0 Å². The van der Waals surface area contributed by atoms with E-state index in [1.54, 1.807) is 18.4 Å². The number of carbonyl (C=O) groups is 1. The molecule has 0 saturated carbocycles. The third kappa shape index (κ3) is 2.98. The van der Waals surface area contributed by atoms with E-state index in [4.69, 9.17) is 29.6 Å². The Morgan fingerprint density at radius 1 is 1.50 bits per heavy atom. The number of halogens is 2. The van der Waals surface area contributed by atoms with Crippen LogP contribution >= 0.6 is 35.2 Å². The molecule has 1 heterocycles. The fourth-order valence-electron chi connectivity index (χ4n) is 1.53. The molecule has 0 fully saturated rings. The predicted molar refractivity (Wildman–Crippen MR) is 84.3 cm³/mol. The number of carbonyl (C=O) groups excluding carboxylic acids is 1. The number of thiocarbonyl (C=S) groups is 1. The number of nitrogens with one attached hydrogen (secondary N) is 1. The molecule has 0 bridgehead atoms. The molecular formula is C13H10ClFN2OS2. The van der Waals surface area contributed by atoms with Crippen LogP contribution < -0.4 is 11.1 Å². The summed E-state index contributed by atoms with van der Waals surface area (Å²) in [6, 6.07) is 4.14. The lowest BCUT2D eigenvalue weighted by molar-refractivity contribution is 0.103. The maximum Gasteiger partial charge on any atom is 0.267 e. The smallest absolute Gasteiger partial charge is 0.267 e. The molecule has 0 aliphatic heterocycles. The van der Waals surface area contributed by atoms with Gasteiger partial charge in [0, 0.05) is 5.56 Å². The van der Waals surface area contributed by atoms with E-state index in [9.17, 15) is 9.18 Å². The SMILES string of the molecule is Cc1csc(C(=O)Nc2ccc(C(N)=S)cc2F)c1Cl. The topological polar surface area (TPSA) is 55.1 Å². The molecule has 3 N–H and O–H groups in total. The van der Waals surface area contributed by atoms with E-state index in [0.29, 0.717) is 15.5 Å². The highest BCUT2D eigenvalue weighted by Crippen LogP contribution is 2.28. The molecule has 2 rings (SSSR count). The van der Waals surface area contributed by atoms with Crippen molar-refractivity contribution in [1.29, 1.82) is 0 Å². The van der Waals surface area contributed by atoms with E-state index < -0.39 is 11.7 Å². The van der Waals surface area contributed by atoms with Gasteiger partial charge in [-0.05, 0) is 36.1 Å². The Hall–Kier alpha value is -1.50. The zero-order valence-electron chi connectivity index (χ0n) is 10.4. The highest BCUT2D eigenvalue weighted by molar-refractivity contribution is 7.80. The molecule has 0 aliphatic carbocycles. The van der Waals surface area contributed by atoms with Gasteiger partial charge in [-0.15, -0.1) is 11.3 Å². The number of hydrogen-bond donors (Lipinski definition) is 2. The van der Waals surface area contributed by atoms with Crippen LogP contribution in [0.4, 0.5) is 10.1 Å². The van der Waals surface area contributed by atoms with Crippen LogP contribution in [0, 0.1) is 12.7 Å². The molecule has 1 aromatic carbocycles. The van der Waals surface area contributed by atoms with E-state index in [1.165, 1.54) is 23.5 Å². The third-order valence-electron chi connectivity index (χ3n) is 2.61. The Kier molecular flexibility index (Phi) is 4.37. The molecule has 1 amide bonds. The minimum atomic E-state index is -0.604. The van der Waals surface area contributed by atoms with Crippen LogP contribution in [0.25, 0.3) is 0 Å². The van der Waals surface area contributed by atoms with Crippen LogP contribution in [0.1, 0.15) is 20.8 Å². The summed E-state index contributed by atoms with van der Waals surface area (Å²) in [6.45, 7) is 1.80. The molecule has 0 saturated heterocycles. The average Bonchev–Trinajstić information content (AvgIpc) is 2.72. The summed E-state index contributed by atoms with van der Waals surface area (Å²) in [4.78, 5) is 12.5. The number of hydrogen-bond acceptors (Lipinski definition) is 3. The number of rotatable bonds is 3. The maximum absolute atomic E-state index is 13.8. The Morgan fingerprint density at radius 2 is 2.20 bits per heavy atom. The Balaban J connectivity index is 2.24. The van der Waals surface area contributed by atoms with E-state index >= 15 is 0 Å². The highest BCUT2D eigenvalue weighted by atomic mass is 35.5. The number of thiophene rings is 1. The van der Waals surface area contributed by atoms with Crippen LogP contribution in [0.5, 0.6) is 0 Å². The number of nitrogens with two attached hydrogens (primary N) is 1. The molecule has 0 aliphatic rings. The van der Waals surface area contributed by atoms with Gasteiger partial charge in [0.1, 0.15) is 15.7 Å². The van der Waals surface area contributed by atoms with E-state index in [-0.39, 0.29) is 10.7 Å². The lowest BCUT2D eigenvalue weighted by atomic mass is 10.2. The quantitative estimate of drug-likeness (QED) is 0.844. The molecule has 0 atom stereocenters. The summed E-state index contributed by atoms with van der Waals surface area (Å²) in [5, 5.41) is 4.62. The maximum atomic E-state index is 13.8. The van der Waals surface area contributed by atoms with Gasteiger partial charge in [-0.2, -0.15) is 0 Å². The minimum Gasteiger partial charge on any atom is -0.389 e. The van der Waals surface area contributed by atoms with Crippen molar-refractivity contribution in [3.8, 4) is 0 Å². The second-order valence-electron chi connectivity index (χ2n) is 4.07. The molecule has 0 spiro atoms. The van der Waals surface area contributed by atoms with Gasteiger partial charge in [0.15, 0.2) is 0 Å². The molecular weight excluding hydrogens is 319 g/mol. The fourth-order valence-corrected chi connectivity index (χ4v) is 2.83. The normalized spacial score (nSPS) is 10.3.